The molecule has 1 aliphatic rings. The number of hydrogen-bond donors (Lipinski definition) is 1. The first kappa shape index (κ1) is 15.1. The molecule has 1 aromatic rings. The first-order valence-corrected chi connectivity index (χ1v) is 7.33. The number of para-hydroxylation sites is 1. The van der Waals surface area contributed by atoms with Gasteiger partial charge in [0.25, 0.3) is 0 Å². The van der Waals surface area contributed by atoms with Gasteiger partial charge >= 0.3 is 0 Å². The molecule has 1 atom stereocenters. The molecule has 4 nitrogen and oxygen atoms in total. The molecule has 0 spiro atoms. The molecule has 112 valence electrons. The van der Waals surface area contributed by atoms with Crippen molar-refractivity contribution >= 4 is 0 Å². The smallest absolute Gasteiger partial charge is 0.166 e. The van der Waals surface area contributed by atoms with Crippen LogP contribution in [0, 0.1) is 0 Å². The van der Waals surface area contributed by atoms with Crippen molar-refractivity contribution in [2.24, 2.45) is 0 Å². The van der Waals surface area contributed by atoms with Crippen LogP contribution in [0.5, 0.6) is 11.5 Å². The van der Waals surface area contributed by atoms with E-state index in [0.29, 0.717) is 0 Å². The summed E-state index contributed by atoms with van der Waals surface area (Å²) in [6, 6.07) is 5.98. The summed E-state index contributed by atoms with van der Waals surface area (Å²) in [4.78, 5) is 2.27. The Kier molecular flexibility index (Phi) is 5.26. The topological polar surface area (TPSA) is 41.9 Å². The van der Waals surface area contributed by atoms with Crippen LogP contribution in [-0.2, 0) is 6.54 Å². The zero-order chi connectivity index (χ0) is 14.5. The van der Waals surface area contributed by atoms with Crippen molar-refractivity contribution < 1.29 is 14.6 Å². The largest absolute Gasteiger partial charge is 0.493 e. The van der Waals surface area contributed by atoms with Gasteiger partial charge in [0.2, 0.25) is 0 Å². The Hall–Kier alpha value is -1.26. The van der Waals surface area contributed by atoms with Gasteiger partial charge in [-0.2, -0.15) is 0 Å². The van der Waals surface area contributed by atoms with Gasteiger partial charge in [-0.1, -0.05) is 12.1 Å². The lowest BCUT2D eigenvalue weighted by Crippen LogP contribution is -2.37. The van der Waals surface area contributed by atoms with E-state index in [1.165, 1.54) is 0 Å². The third-order valence-corrected chi connectivity index (χ3v) is 3.51. The van der Waals surface area contributed by atoms with E-state index in [1.54, 1.807) is 7.11 Å². The lowest BCUT2D eigenvalue weighted by molar-refractivity contribution is 0.0660. The zero-order valence-electron chi connectivity index (χ0n) is 12.6. The van der Waals surface area contributed by atoms with Crippen LogP contribution >= 0.6 is 0 Å². The SMILES string of the molecule is COc1cccc(CN2CCCC(O)C2)c1OC(C)C. The number of likely N-dealkylation sites (tertiary alicyclic amines) is 1. The highest BCUT2D eigenvalue weighted by atomic mass is 16.5. The van der Waals surface area contributed by atoms with E-state index in [9.17, 15) is 5.11 Å². The molecule has 1 heterocycles. The molecule has 1 fully saturated rings. The normalized spacial score (nSPS) is 20.1. The molecule has 1 unspecified atom stereocenters. The molecule has 0 bridgehead atoms. The van der Waals surface area contributed by atoms with E-state index in [1.807, 2.05) is 26.0 Å². The fourth-order valence-electron chi connectivity index (χ4n) is 2.63. The van der Waals surface area contributed by atoms with E-state index in [4.69, 9.17) is 9.47 Å². The molecule has 0 aromatic heterocycles. The summed E-state index contributed by atoms with van der Waals surface area (Å²) in [5, 5.41) is 9.78. The van der Waals surface area contributed by atoms with Crippen LogP contribution in [0.3, 0.4) is 0 Å². The van der Waals surface area contributed by atoms with Crippen LogP contribution in [0.1, 0.15) is 32.3 Å². The molecule has 20 heavy (non-hydrogen) atoms. The van der Waals surface area contributed by atoms with E-state index in [-0.39, 0.29) is 12.2 Å². The van der Waals surface area contributed by atoms with E-state index in [2.05, 4.69) is 11.0 Å². The molecule has 1 aromatic carbocycles. The lowest BCUT2D eigenvalue weighted by Gasteiger charge is -2.30. The van der Waals surface area contributed by atoms with Crippen LogP contribution in [0.15, 0.2) is 18.2 Å². The number of benzene rings is 1. The van der Waals surface area contributed by atoms with Crippen LogP contribution < -0.4 is 9.47 Å². The Morgan fingerprint density at radius 2 is 2.20 bits per heavy atom. The highest BCUT2D eigenvalue weighted by molar-refractivity contribution is 5.46. The highest BCUT2D eigenvalue weighted by Gasteiger charge is 2.20. The first-order chi connectivity index (χ1) is 9.60. The summed E-state index contributed by atoms with van der Waals surface area (Å²) >= 11 is 0. The Balaban J connectivity index is 2.17. The van der Waals surface area contributed by atoms with Crippen molar-refractivity contribution in [3.05, 3.63) is 23.8 Å². The van der Waals surface area contributed by atoms with Crippen molar-refractivity contribution in [2.45, 2.75) is 45.4 Å². The number of hydrogen-bond acceptors (Lipinski definition) is 4. The second kappa shape index (κ2) is 6.95. The van der Waals surface area contributed by atoms with Crippen molar-refractivity contribution in [3.8, 4) is 11.5 Å². The molecule has 1 aliphatic heterocycles. The Labute approximate surface area is 121 Å². The maximum Gasteiger partial charge on any atom is 0.166 e. The van der Waals surface area contributed by atoms with Crippen LogP contribution in [0.2, 0.25) is 0 Å². The summed E-state index contributed by atoms with van der Waals surface area (Å²) < 4.78 is 11.3. The standard InChI is InChI=1S/C16H25NO3/c1-12(2)20-16-13(6-4-8-15(16)19-3)10-17-9-5-7-14(18)11-17/h4,6,8,12,14,18H,5,7,9-11H2,1-3H3. The minimum atomic E-state index is -0.205. The van der Waals surface area contributed by atoms with E-state index in [0.717, 1.165) is 49.5 Å². The maximum atomic E-state index is 9.78. The first-order valence-electron chi connectivity index (χ1n) is 7.33. The number of methoxy groups -OCH3 is 1. The number of nitrogens with zero attached hydrogens (tertiary/aromatic N) is 1. The fourth-order valence-corrected chi connectivity index (χ4v) is 2.63. The molecule has 2 rings (SSSR count). The van der Waals surface area contributed by atoms with Gasteiger partial charge in [0, 0.05) is 18.7 Å². The molecular weight excluding hydrogens is 254 g/mol. The molecule has 0 aliphatic carbocycles. The van der Waals surface area contributed by atoms with Gasteiger partial charge in [0.05, 0.1) is 19.3 Å². The molecule has 1 N–H and O–H groups in total. The van der Waals surface area contributed by atoms with Gasteiger partial charge in [-0.25, -0.2) is 0 Å². The third kappa shape index (κ3) is 3.87. The van der Waals surface area contributed by atoms with Crippen LogP contribution in [-0.4, -0.2) is 42.4 Å². The van der Waals surface area contributed by atoms with E-state index < -0.39 is 0 Å². The minimum Gasteiger partial charge on any atom is -0.493 e. The number of rotatable bonds is 5. The van der Waals surface area contributed by atoms with Crippen molar-refractivity contribution in [3.63, 3.8) is 0 Å². The summed E-state index contributed by atoms with van der Waals surface area (Å²) in [6.07, 6.45) is 1.86. The minimum absolute atomic E-state index is 0.108. The highest BCUT2D eigenvalue weighted by Crippen LogP contribution is 2.33. The van der Waals surface area contributed by atoms with Crippen molar-refractivity contribution in [1.29, 1.82) is 0 Å². The summed E-state index contributed by atoms with van der Waals surface area (Å²) in [6.45, 7) is 6.58. The molecule has 0 radical (unpaired) electrons. The number of β-amino-alcohol motifs (C(OH)–C–C–N with tert-alkyl or cyclic N) is 1. The molecule has 4 heteroatoms. The maximum absolute atomic E-state index is 9.78. The zero-order valence-corrected chi connectivity index (χ0v) is 12.6. The summed E-state index contributed by atoms with van der Waals surface area (Å²) in [5.74, 6) is 1.60. The van der Waals surface area contributed by atoms with Gasteiger partial charge in [0.1, 0.15) is 0 Å². The Morgan fingerprint density at radius 1 is 1.40 bits per heavy atom. The number of piperidine rings is 1. The molecule has 0 saturated carbocycles. The number of aliphatic hydroxyl groups excluding tert-OH is 1. The molecular formula is C16H25NO3. The van der Waals surface area contributed by atoms with Crippen molar-refractivity contribution in [1.82, 2.24) is 4.90 Å². The van der Waals surface area contributed by atoms with Gasteiger partial charge in [-0.05, 0) is 39.3 Å². The van der Waals surface area contributed by atoms with Gasteiger partial charge in [0.15, 0.2) is 11.5 Å². The van der Waals surface area contributed by atoms with Gasteiger partial charge < -0.3 is 14.6 Å². The second-order valence-corrected chi connectivity index (χ2v) is 5.65. The fraction of sp³-hybridized carbons (Fsp3) is 0.625. The molecule has 1 saturated heterocycles. The third-order valence-electron chi connectivity index (χ3n) is 3.51. The van der Waals surface area contributed by atoms with Gasteiger partial charge in [-0.3, -0.25) is 4.90 Å². The Bertz CT molecular complexity index is 434. The second-order valence-electron chi connectivity index (χ2n) is 5.65. The van der Waals surface area contributed by atoms with Crippen LogP contribution in [0.4, 0.5) is 0 Å². The predicted octanol–water partition coefficient (Wildman–Crippen LogP) is 2.44. The predicted molar refractivity (Wildman–Crippen MR) is 79.3 cm³/mol. The quantitative estimate of drug-likeness (QED) is 0.899. The molecule has 0 amide bonds. The lowest BCUT2D eigenvalue weighted by atomic mass is 10.1. The average Bonchev–Trinajstić information content (AvgIpc) is 2.40. The van der Waals surface area contributed by atoms with Crippen LogP contribution in [0.25, 0.3) is 0 Å². The average molecular weight is 279 g/mol. The number of ether oxygens (including phenoxy) is 2. The van der Waals surface area contributed by atoms with Gasteiger partial charge in [-0.15, -0.1) is 0 Å². The summed E-state index contributed by atoms with van der Waals surface area (Å²) in [5.41, 5.74) is 1.12. The van der Waals surface area contributed by atoms with Crippen molar-refractivity contribution in [2.75, 3.05) is 20.2 Å². The Morgan fingerprint density at radius 3 is 2.85 bits per heavy atom. The monoisotopic (exact) mass is 279 g/mol. The summed E-state index contributed by atoms with van der Waals surface area (Å²) in [7, 11) is 1.66. The van der Waals surface area contributed by atoms with E-state index >= 15 is 0 Å². The number of aliphatic hydroxyl groups is 1.